The molecule has 1 saturated carbocycles. The summed E-state index contributed by atoms with van der Waals surface area (Å²) in [5.74, 6) is 0.945. The van der Waals surface area contributed by atoms with Crippen LogP contribution in [0.15, 0.2) is 24.4 Å². The molecule has 154 valence electrons. The molecule has 1 amide bonds. The van der Waals surface area contributed by atoms with Crippen molar-refractivity contribution in [3.63, 3.8) is 0 Å². The SMILES string of the molecule is NC(=O)c1cnc(Nc2ccc3c(c2)NCC(O)CO3)nc1NC1CCCCC1. The molecule has 2 heterocycles. The fourth-order valence-electron chi connectivity index (χ4n) is 3.65. The van der Waals surface area contributed by atoms with Crippen LogP contribution in [-0.2, 0) is 0 Å². The van der Waals surface area contributed by atoms with Gasteiger partial charge in [0.05, 0.1) is 11.3 Å². The average molecular weight is 398 g/mol. The van der Waals surface area contributed by atoms with Crippen molar-refractivity contribution in [3.05, 3.63) is 30.0 Å². The van der Waals surface area contributed by atoms with Gasteiger partial charge in [0.15, 0.2) is 0 Å². The van der Waals surface area contributed by atoms with Gasteiger partial charge < -0.3 is 31.5 Å². The third-order valence-corrected chi connectivity index (χ3v) is 5.20. The number of hydrogen-bond donors (Lipinski definition) is 5. The van der Waals surface area contributed by atoms with E-state index in [0.717, 1.165) is 24.2 Å². The molecular formula is C20H26N6O3. The number of benzene rings is 1. The van der Waals surface area contributed by atoms with Gasteiger partial charge in [0.25, 0.3) is 5.91 Å². The van der Waals surface area contributed by atoms with Crippen LogP contribution in [0.1, 0.15) is 42.5 Å². The average Bonchev–Trinajstić information content (AvgIpc) is 2.90. The lowest BCUT2D eigenvalue weighted by molar-refractivity contribution is 0.100. The maximum atomic E-state index is 11.8. The largest absolute Gasteiger partial charge is 0.489 e. The Hall–Kier alpha value is -3.07. The summed E-state index contributed by atoms with van der Waals surface area (Å²) in [6, 6.07) is 5.82. The number of aliphatic hydroxyl groups excluding tert-OH is 1. The quantitative estimate of drug-likeness (QED) is 0.518. The summed E-state index contributed by atoms with van der Waals surface area (Å²) in [5.41, 5.74) is 7.32. The first kappa shape index (κ1) is 19.3. The number of fused-ring (bicyclic) bond motifs is 1. The van der Waals surface area contributed by atoms with E-state index in [1.165, 1.54) is 25.5 Å². The first-order valence-corrected chi connectivity index (χ1v) is 9.97. The second-order valence-corrected chi connectivity index (χ2v) is 7.48. The molecule has 1 aliphatic carbocycles. The van der Waals surface area contributed by atoms with Crippen LogP contribution in [-0.4, -0.2) is 46.3 Å². The zero-order valence-electron chi connectivity index (χ0n) is 16.1. The van der Waals surface area contributed by atoms with Crippen LogP contribution in [0.5, 0.6) is 5.75 Å². The Balaban J connectivity index is 1.54. The predicted molar refractivity (Wildman–Crippen MR) is 111 cm³/mol. The number of carbonyl (C=O) groups is 1. The van der Waals surface area contributed by atoms with E-state index in [9.17, 15) is 9.90 Å². The van der Waals surface area contributed by atoms with Crippen LogP contribution in [0.25, 0.3) is 0 Å². The van der Waals surface area contributed by atoms with Crippen LogP contribution in [0, 0.1) is 0 Å². The van der Waals surface area contributed by atoms with Crippen molar-refractivity contribution in [1.29, 1.82) is 0 Å². The van der Waals surface area contributed by atoms with Gasteiger partial charge in [0.1, 0.15) is 24.3 Å². The van der Waals surface area contributed by atoms with Crippen molar-refractivity contribution in [1.82, 2.24) is 9.97 Å². The van der Waals surface area contributed by atoms with Gasteiger partial charge in [-0.2, -0.15) is 4.98 Å². The zero-order chi connectivity index (χ0) is 20.2. The lowest BCUT2D eigenvalue weighted by Gasteiger charge is -2.24. The van der Waals surface area contributed by atoms with Gasteiger partial charge in [-0.05, 0) is 31.0 Å². The number of amides is 1. The van der Waals surface area contributed by atoms with Crippen LogP contribution in [0.4, 0.5) is 23.1 Å². The van der Waals surface area contributed by atoms with Gasteiger partial charge in [-0.3, -0.25) is 4.79 Å². The van der Waals surface area contributed by atoms with Crippen molar-refractivity contribution in [3.8, 4) is 5.75 Å². The number of nitrogens with zero attached hydrogens (tertiary/aromatic N) is 2. The highest BCUT2D eigenvalue weighted by Crippen LogP contribution is 2.31. The lowest BCUT2D eigenvalue weighted by Crippen LogP contribution is -2.26. The molecule has 0 radical (unpaired) electrons. The van der Waals surface area contributed by atoms with E-state index in [1.54, 1.807) is 0 Å². The van der Waals surface area contributed by atoms with Gasteiger partial charge in [0.2, 0.25) is 5.95 Å². The third kappa shape index (κ3) is 4.68. The molecule has 9 heteroatoms. The standard InChI is InChI=1S/C20H26N6O3/c21-18(28)15-10-23-20(26-19(15)24-12-4-2-1-3-5-12)25-13-6-7-17-16(8-13)22-9-14(27)11-29-17/h6-8,10,12,14,22,27H,1-5,9,11H2,(H2,21,28)(H2,23,24,25,26). The lowest BCUT2D eigenvalue weighted by atomic mass is 9.95. The number of ether oxygens (including phenoxy) is 1. The smallest absolute Gasteiger partial charge is 0.254 e. The molecule has 29 heavy (non-hydrogen) atoms. The molecule has 2 aliphatic rings. The predicted octanol–water partition coefficient (Wildman–Crippen LogP) is 2.23. The highest BCUT2D eigenvalue weighted by Gasteiger charge is 2.19. The van der Waals surface area contributed by atoms with Gasteiger partial charge >= 0.3 is 0 Å². The minimum Gasteiger partial charge on any atom is -0.489 e. The second kappa shape index (κ2) is 8.52. The Morgan fingerprint density at radius 3 is 2.90 bits per heavy atom. The molecule has 9 nitrogen and oxygen atoms in total. The van der Waals surface area contributed by atoms with Crippen LogP contribution < -0.4 is 26.4 Å². The van der Waals surface area contributed by atoms with E-state index >= 15 is 0 Å². The molecule has 0 bridgehead atoms. The Labute approximate surface area is 169 Å². The van der Waals surface area contributed by atoms with E-state index in [1.807, 2.05) is 18.2 Å². The minimum absolute atomic E-state index is 0.251. The summed E-state index contributed by atoms with van der Waals surface area (Å²) in [4.78, 5) is 20.5. The normalized spacial score (nSPS) is 19.3. The highest BCUT2D eigenvalue weighted by molar-refractivity contribution is 5.97. The summed E-state index contributed by atoms with van der Waals surface area (Å²) in [5, 5.41) is 19.4. The molecule has 0 saturated heterocycles. The number of rotatable bonds is 5. The molecule has 4 rings (SSSR count). The van der Waals surface area contributed by atoms with Gasteiger partial charge in [-0.15, -0.1) is 0 Å². The highest BCUT2D eigenvalue weighted by atomic mass is 16.5. The molecule has 2 aromatic rings. The van der Waals surface area contributed by atoms with Crippen molar-refractivity contribution < 1.29 is 14.6 Å². The number of hydrogen-bond acceptors (Lipinski definition) is 8. The Morgan fingerprint density at radius 1 is 1.28 bits per heavy atom. The molecule has 1 aromatic heterocycles. The summed E-state index contributed by atoms with van der Waals surface area (Å²) >= 11 is 0. The zero-order valence-corrected chi connectivity index (χ0v) is 16.1. The van der Waals surface area contributed by atoms with E-state index in [2.05, 4.69) is 25.9 Å². The van der Waals surface area contributed by atoms with Crippen molar-refractivity contribution in [2.24, 2.45) is 5.73 Å². The molecule has 0 spiro atoms. The number of primary amides is 1. The molecule has 1 aliphatic heterocycles. The first-order chi connectivity index (χ1) is 14.1. The number of nitrogens with two attached hydrogens (primary N) is 1. The van der Waals surface area contributed by atoms with Crippen LogP contribution >= 0.6 is 0 Å². The Kier molecular flexibility index (Phi) is 5.66. The third-order valence-electron chi connectivity index (χ3n) is 5.20. The van der Waals surface area contributed by atoms with Crippen molar-refractivity contribution in [2.75, 3.05) is 29.1 Å². The fraction of sp³-hybridized carbons (Fsp3) is 0.450. The maximum Gasteiger partial charge on any atom is 0.254 e. The first-order valence-electron chi connectivity index (χ1n) is 9.97. The molecule has 1 fully saturated rings. The van der Waals surface area contributed by atoms with E-state index in [-0.39, 0.29) is 18.2 Å². The summed E-state index contributed by atoms with van der Waals surface area (Å²) in [7, 11) is 0. The maximum absolute atomic E-state index is 11.8. The second-order valence-electron chi connectivity index (χ2n) is 7.48. The molecule has 6 N–H and O–H groups in total. The summed E-state index contributed by atoms with van der Waals surface area (Å²) < 4.78 is 5.58. The van der Waals surface area contributed by atoms with Crippen LogP contribution in [0.3, 0.4) is 0 Å². The van der Waals surface area contributed by atoms with Crippen molar-refractivity contribution in [2.45, 2.75) is 44.2 Å². The monoisotopic (exact) mass is 398 g/mol. The van der Waals surface area contributed by atoms with Gasteiger partial charge in [-0.25, -0.2) is 4.98 Å². The van der Waals surface area contributed by atoms with Gasteiger partial charge in [-0.1, -0.05) is 19.3 Å². The number of aliphatic hydroxyl groups is 1. The number of anilines is 4. The topological polar surface area (TPSA) is 134 Å². The molecule has 1 unspecified atom stereocenters. The van der Waals surface area contributed by atoms with E-state index in [0.29, 0.717) is 24.1 Å². The Bertz CT molecular complexity index is 885. The number of aromatic nitrogens is 2. The van der Waals surface area contributed by atoms with E-state index < -0.39 is 12.0 Å². The molecule has 1 atom stereocenters. The Morgan fingerprint density at radius 2 is 2.10 bits per heavy atom. The van der Waals surface area contributed by atoms with E-state index in [4.69, 9.17) is 10.5 Å². The van der Waals surface area contributed by atoms with Crippen molar-refractivity contribution >= 4 is 29.0 Å². The van der Waals surface area contributed by atoms with Gasteiger partial charge in [0, 0.05) is 24.5 Å². The van der Waals surface area contributed by atoms with Crippen LogP contribution in [0.2, 0.25) is 0 Å². The molecule has 1 aromatic carbocycles. The number of nitrogens with one attached hydrogen (secondary N) is 3. The number of β-amino-alcohol motifs (C(OH)–C–C–N with tert-alkyl or cyclic N) is 1. The molecular weight excluding hydrogens is 372 g/mol. The summed E-state index contributed by atoms with van der Waals surface area (Å²) in [6.07, 6.45) is 6.56. The minimum atomic E-state index is -0.558. The summed E-state index contributed by atoms with van der Waals surface area (Å²) in [6.45, 7) is 0.663. The number of carbonyl (C=O) groups excluding carboxylic acids is 1. The fourth-order valence-corrected chi connectivity index (χ4v) is 3.65.